The van der Waals surface area contributed by atoms with Gasteiger partial charge in [-0.25, -0.2) is 13.2 Å². The highest BCUT2D eigenvalue weighted by atomic mass is 32.2. The van der Waals surface area contributed by atoms with Crippen molar-refractivity contribution in [2.24, 2.45) is 0 Å². The van der Waals surface area contributed by atoms with Crippen LogP contribution in [0.15, 0.2) is 71.6 Å². The zero-order valence-electron chi connectivity index (χ0n) is 14.7. The van der Waals surface area contributed by atoms with Gasteiger partial charge in [-0.05, 0) is 30.3 Å². The molecule has 0 aromatic heterocycles. The van der Waals surface area contributed by atoms with Crippen LogP contribution in [0.5, 0.6) is 0 Å². The molecule has 3 aromatic carbocycles. The van der Waals surface area contributed by atoms with Gasteiger partial charge >= 0.3 is 5.97 Å². The van der Waals surface area contributed by atoms with Crippen LogP contribution in [0.1, 0.15) is 42.2 Å². The van der Waals surface area contributed by atoms with Crippen molar-refractivity contribution in [3.8, 4) is 0 Å². The van der Waals surface area contributed by atoms with E-state index in [-0.39, 0.29) is 44.2 Å². The molecule has 0 bridgehead atoms. The molecule has 0 radical (unpaired) electrons. The van der Waals surface area contributed by atoms with Crippen molar-refractivity contribution < 1.29 is 27.9 Å². The average Bonchev–Trinajstić information content (AvgIpc) is 2.71. The van der Waals surface area contributed by atoms with Crippen LogP contribution in [0.2, 0.25) is 0 Å². The van der Waals surface area contributed by atoms with Gasteiger partial charge in [0.25, 0.3) is 10.0 Å². The van der Waals surface area contributed by atoms with Crippen LogP contribution < -0.4 is 4.72 Å². The number of carbonyl (C=O) groups is 3. The lowest BCUT2D eigenvalue weighted by Gasteiger charge is -2.18. The van der Waals surface area contributed by atoms with Crippen molar-refractivity contribution >= 4 is 33.2 Å². The minimum absolute atomic E-state index is 0.0110. The largest absolute Gasteiger partial charge is 0.478 e. The van der Waals surface area contributed by atoms with Crippen LogP contribution >= 0.6 is 0 Å². The van der Waals surface area contributed by atoms with Crippen molar-refractivity contribution in [1.29, 1.82) is 0 Å². The van der Waals surface area contributed by atoms with Gasteiger partial charge in [0.15, 0.2) is 11.6 Å². The number of ketones is 2. The molecule has 1 aliphatic carbocycles. The maximum Gasteiger partial charge on any atom is 0.337 e. The molecule has 7 nitrogen and oxygen atoms in total. The van der Waals surface area contributed by atoms with E-state index in [0.29, 0.717) is 0 Å². The maximum absolute atomic E-state index is 12.8. The number of sulfonamides is 1. The van der Waals surface area contributed by atoms with Crippen LogP contribution in [0.4, 0.5) is 5.69 Å². The first kappa shape index (κ1) is 18.6. The second-order valence-corrected chi connectivity index (χ2v) is 8.05. The standard InChI is InChI=1S/C21H13NO6S/c23-19-13-5-1-2-6-14(13)20(24)17-11-12(9-10-15(17)19)29(27,28)22-18-8-4-3-7-16(18)21(25)26/h1-11,22H,(H,25,26). The minimum Gasteiger partial charge on any atom is -0.478 e. The van der Waals surface area contributed by atoms with Gasteiger partial charge < -0.3 is 5.11 Å². The molecule has 0 unspecified atom stereocenters. The lowest BCUT2D eigenvalue weighted by Crippen LogP contribution is -2.22. The van der Waals surface area contributed by atoms with E-state index in [9.17, 15) is 27.9 Å². The molecule has 3 aromatic rings. The smallest absolute Gasteiger partial charge is 0.337 e. The van der Waals surface area contributed by atoms with Crippen LogP contribution in [-0.4, -0.2) is 31.1 Å². The zero-order valence-corrected chi connectivity index (χ0v) is 15.6. The van der Waals surface area contributed by atoms with E-state index in [1.54, 1.807) is 18.2 Å². The summed E-state index contributed by atoms with van der Waals surface area (Å²) in [4.78, 5) is 36.5. The number of carboxylic acid groups (broad SMARTS) is 1. The van der Waals surface area contributed by atoms with E-state index < -0.39 is 21.8 Å². The number of hydrogen-bond acceptors (Lipinski definition) is 5. The molecule has 0 saturated heterocycles. The average molecular weight is 407 g/mol. The number of carbonyl (C=O) groups excluding carboxylic acids is 2. The Morgan fingerprint density at radius 1 is 0.759 bits per heavy atom. The molecule has 8 heteroatoms. The molecule has 0 fully saturated rings. The van der Waals surface area contributed by atoms with Crippen LogP contribution in [-0.2, 0) is 10.0 Å². The number of anilines is 1. The van der Waals surface area contributed by atoms with Gasteiger partial charge in [-0.2, -0.15) is 0 Å². The highest BCUT2D eigenvalue weighted by Crippen LogP contribution is 2.29. The number of carboxylic acids is 1. The Hall–Kier alpha value is -3.78. The molecule has 2 N–H and O–H groups in total. The van der Waals surface area contributed by atoms with Gasteiger partial charge in [0.2, 0.25) is 0 Å². The summed E-state index contributed by atoms with van der Waals surface area (Å²) >= 11 is 0. The van der Waals surface area contributed by atoms with Gasteiger partial charge in [0.05, 0.1) is 16.1 Å². The molecule has 144 valence electrons. The maximum atomic E-state index is 12.8. The Morgan fingerprint density at radius 3 is 1.97 bits per heavy atom. The molecule has 0 aliphatic heterocycles. The number of nitrogens with one attached hydrogen (secondary N) is 1. The van der Waals surface area contributed by atoms with E-state index >= 15 is 0 Å². The summed E-state index contributed by atoms with van der Waals surface area (Å²) in [6, 6.07) is 15.5. The van der Waals surface area contributed by atoms with Crippen LogP contribution in [0.3, 0.4) is 0 Å². The Morgan fingerprint density at radius 2 is 1.31 bits per heavy atom. The van der Waals surface area contributed by atoms with E-state index in [4.69, 9.17) is 0 Å². The Labute approximate surface area is 165 Å². The van der Waals surface area contributed by atoms with Gasteiger partial charge in [0, 0.05) is 22.3 Å². The molecule has 0 heterocycles. The SMILES string of the molecule is O=C(O)c1ccccc1NS(=O)(=O)c1ccc2c(c1)C(=O)c1ccccc1C2=O. The number of hydrogen-bond donors (Lipinski definition) is 2. The van der Waals surface area contributed by atoms with E-state index in [2.05, 4.69) is 4.72 Å². The van der Waals surface area contributed by atoms with Gasteiger partial charge in [-0.3, -0.25) is 14.3 Å². The fourth-order valence-electron chi connectivity index (χ4n) is 3.21. The lowest BCUT2D eigenvalue weighted by molar-refractivity contribution is 0.0697. The van der Waals surface area contributed by atoms with Crippen molar-refractivity contribution in [2.45, 2.75) is 4.90 Å². The Balaban J connectivity index is 1.77. The van der Waals surface area contributed by atoms with Crippen LogP contribution in [0, 0.1) is 0 Å². The Kier molecular flexibility index (Phi) is 4.28. The summed E-state index contributed by atoms with van der Waals surface area (Å²) in [5.74, 6) is -2.09. The topological polar surface area (TPSA) is 118 Å². The summed E-state index contributed by atoms with van der Waals surface area (Å²) in [5.41, 5.74) is 0.277. The van der Waals surface area contributed by atoms with Crippen LogP contribution in [0.25, 0.3) is 0 Å². The van der Waals surface area contributed by atoms with Crippen molar-refractivity contribution in [2.75, 3.05) is 4.72 Å². The molecule has 0 atom stereocenters. The predicted molar refractivity (Wildman–Crippen MR) is 104 cm³/mol. The van der Waals surface area contributed by atoms with E-state index in [0.717, 1.165) is 6.07 Å². The third-order valence-electron chi connectivity index (χ3n) is 4.61. The fourth-order valence-corrected chi connectivity index (χ4v) is 4.31. The molecule has 29 heavy (non-hydrogen) atoms. The third-order valence-corrected chi connectivity index (χ3v) is 5.97. The van der Waals surface area contributed by atoms with Crippen molar-refractivity contribution in [3.63, 3.8) is 0 Å². The number of rotatable bonds is 4. The number of para-hydroxylation sites is 1. The first-order valence-corrected chi connectivity index (χ1v) is 9.95. The monoisotopic (exact) mass is 407 g/mol. The molecular formula is C21H13NO6S. The second-order valence-electron chi connectivity index (χ2n) is 6.37. The highest BCUT2D eigenvalue weighted by Gasteiger charge is 2.31. The Bertz CT molecular complexity index is 1310. The number of benzene rings is 3. The van der Waals surface area contributed by atoms with E-state index in [1.165, 1.54) is 42.5 Å². The molecule has 0 spiro atoms. The molecule has 0 amide bonds. The lowest BCUT2D eigenvalue weighted by atomic mass is 9.84. The summed E-state index contributed by atoms with van der Waals surface area (Å²) in [6.45, 7) is 0. The van der Waals surface area contributed by atoms with Crippen molar-refractivity contribution in [3.05, 3.63) is 94.5 Å². The summed E-state index contributed by atoms with van der Waals surface area (Å²) in [6.07, 6.45) is 0. The van der Waals surface area contributed by atoms with Gasteiger partial charge in [-0.1, -0.05) is 36.4 Å². The third kappa shape index (κ3) is 3.09. The minimum atomic E-state index is -4.20. The van der Waals surface area contributed by atoms with Gasteiger partial charge in [0.1, 0.15) is 0 Å². The predicted octanol–water partition coefficient (Wildman–Crippen LogP) is 2.96. The summed E-state index contributed by atoms with van der Waals surface area (Å²) in [5, 5.41) is 9.23. The number of aromatic carboxylic acids is 1. The molecular weight excluding hydrogens is 394 g/mol. The zero-order chi connectivity index (χ0) is 20.8. The van der Waals surface area contributed by atoms with Gasteiger partial charge in [-0.15, -0.1) is 0 Å². The molecule has 4 rings (SSSR count). The van der Waals surface area contributed by atoms with Crippen molar-refractivity contribution in [1.82, 2.24) is 0 Å². The van der Waals surface area contributed by atoms with E-state index in [1.807, 2.05) is 0 Å². The fraction of sp³-hybridized carbons (Fsp3) is 0. The number of fused-ring (bicyclic) bond motifs is 2. The highest BCUT2D eigenvalue weighted by molar-refractivity contribution is 7.92. The molecule has 1 aliphatic rings. The summed E-state index contributed by atoms with van der Waals surface area (Å²) in [7, 11) is -4.20. The quantitative estimate of drug-likeness (QED) is 0.537. The molecule has 0 saturated carbocycles. The summed E-state index contributed by atoms with van der Waals surface area (Å²) < 4.78 is 27.8. The first-order chi connectivity index (χ1) is 13.8. The first-order valence-electron chi connectivity index (χ1n) is 8.47. The normalized spacial score (nSPS) is 12.8. The second kappa shape index (κ2) is 6.68.